The van der Waals surface area contributed by atoms with Gasteiger partial charge < -0.3 is 4.74 Å². The number of hydrogen-bond acceptors (Lipinski definition) is 1. The van der Waals surface area contributed by atoms with Gasteiger partial charge in [0.15, 0.2) is 23.3 Å². The lowest BCUT2D eigenvalue weighted by molar-refractivity contribution is -0.0849. The standard InChI is InChI=1S/C18H18ClF7O/c1-7-13(20)15(22)9(16(23)14(7)21)6-27-8(2)12-10(17(12,3)4)5-11(19)18(24,25)26/h5,8,10,12H,6H2,1-4H3/b11-5-/t8?,10-,12+/m1/s1. The van der Waals surface area contributed by atoms with E-state index in [1.807, 2.05) is 0 Å². The first-order chi connectivity index (χ1) is 12.2. The number of ether oxygens (including phenoxy) is 1. The van der Waals surface area contributed by atoms with Crippen LogP contribution in [0, 0.1) is 47.4 Å². The van der Waals surface area contributed by atoms with Crippen molar-refractivity contribution in [3.05, 3.63) is 45.5 Å². The molecule has 0 spiro atoms. The van der Waals surface area contributed by atoms with Crippen LogP contribution in [0.5, 0.6) is 0 Å². The van der Waals surface area contributed by atoms with Gasteiger partial charge in [0.25, 0.3) is 0 Å². The maximum Gasteiger partial charge on any atom is 0.426 e. The van der Waals surface area contributed by atoms with E-state index in [0.717, 1.165) is 13.0 Å². The molecule has 2 rings (SSSR count). The fraction of sp³-hybridized carbons (Fsp3) is 0.556. The maximum absolute atomic E-state index is 13.9. The summed E-state index contributed by atoms with van der Waals surface area (Å²) in [6.45, 7) is 5.05. The predicted molar refractivity (Wildman–Crippen MR) is 86.0 cm³/mol. The molecule has 0 aliphatic heterocycles. The van der Waals surface area contributed by atoms with Crippen molar-refractivity contribution in [3.8, 4) is 0 Å². The second-order valence-corrected chi connectivity index (χ2v) is 7.67. The van der Waals surface area contributed by atoms with Gasteiger partial charge in [-0.3, -0.25) is 0 Å². The normalized spacial score (nSPS) is 23.5. The fourth-order valence-electron chi connectivity index (χ4n) is 3.42. The van der Waals surface area contributed by atoms with Crippen molar-refractivity contribution in [1.82, 2.24) is 0 Å². The van der Waals surface area contributed by atoms with Gasteiger partial charge in [0.05, 0.1) is 18.3 Å². The van der Waals surface area contributed by atoms with Gasteiger partial charge in [-0.05, 0) is 31.1 Å². The maximum atomic E-state index is 13.9. The van der Waals surface area contributed by atoms with E-state index in [0.29, 0.717) is 0 Å². The Bertz CT molecular complexity index is 741. The van der Waals surface area contributed by atoms with Crippen molar-refractivity contribution >= 4 is 11.6 Å². The number of allylic oxidation sites excluding steroid dienone is 2. The Morgan fingerprint density at radius 3 is 2.04 bits per heavy atom. The average Bonchev–Trinajstić information content (AvgIpc) is 3.10. The highest BCUT2D eigenvalue weighted by atomic mass is 35.5. The monoisotopic (exact) mass is 418 g/mol. The molecule has 0 amide bonds. The summed E-state index contributed by atoms with van der Waals surface area (Å²) in [7, 11) is 0. The van der Waals surface area contributed by atoms with Crippen LogP contribution in [0.25, 0.3) is 0 Å². The smallest absolute Gasteiger partial charge is 0.373 e. The fourth-order valence-corrected chi connectivity index (χ4v) is 3.55. The Labute approximate surface area is 157 Å². The zero-order valence-electron chi connectivity index (χ0n) is 14.9. The third-order valence-electron chi connectivity index (χ3n) is 5.16. The molecule has 1 fully saturated rings. The van der Waals surface area contributed by atoms with Crippen molar-refractivity contribution in [2.24, 2.45) is 17.3 Å². The van der Waals surface area contributed by atoms with Crippen molar-refractivity contribution in [3.63, 3.8) is 0 Å². The van der Waals surface area contributed by atoms with E-state index in [9.17, 15) is 30.7 Å². The molecule has 152 valence electrons. The lowest BCUT2D eigenvalue weighted by Crippen LogP contribution is -2.16. The lowest BCUT2D eigenvalue weighted by Gasteiger charge is -2.16. The van der Waals surface area contributed by atoms with Crippen molar-refractivity contribution in [1.29, 1.82) is 0 Å². The van der Waals surface area contributed by atoms with E-state index in [2.05, 4.69) is 0 Å². The molecule has 1 aliphatic rings. The van der Waals surface area contributed by atoms with E-state index in [4.69, 9.17) is 16.3 Å². The van der Waals surface area contributed by atoms with Crippen molar-refractivity contribution < 1.29 is 35.5 Å². The first kappa shape index (κ1) is 22.0. The largest absolute Gasteiger partial charge is 0.426 e. The van der Waals surface area contributed by atoms with E-state index >= 15 is 0 Å². The number of benzene rings is 1. The molecule has 1 aromatic rings. The molecule has 1 unspecified atom stereocenters. The van der Waals surface area contributed by atoms with Crippen LogP contribution >= 0.6 is 11.6 Å². The number of hydrogen-bond donors (Lipinski definition) is 0. The van der Waals surface area contributed by atoms with Crippen LogP contribution in [-0.2, 0) is 11.3 Å². The van der Waals surface area contributed by atoms with Gasteiger partial charge in [0, 0.05) is 5.56 Å². The molecule has 1 nitrogen and oxygen atoms in total. The highest BCUT2D eigenvalue weighted by molar-refractivity contribution is 6.30. The van der Waals surface area contributed by atoms with Crippen LogP contribution in [0.2, 0.25) is 0 Å². The first-order valence-corrected chi connectivity index (χ1v) is 8.46. The highest BCUT2D eigenvalue weighted by Gasteiger charge is 2.59. The highest BCUT2D eigenvalue weighted by Crippen LogP contribution is 2.62. The molecular formula is C18H18ClF7O. The van der Waals surface area contributed by atoms with Crippen molar-refractivity contribution in [2.75, 3.05) is 0 Å². The molecule has 1 aliphatic carbocycles. The summed E-state index contributed by atoms with van der Waals surface area (Å²) in [6, 6.07) is 0. The van der Waals surface area contributed by atoms with E-state index < -0.39 is 75.6 Å². The molecule has 0 heterocycles. The quantitative estimate of drug-likeness (QED) is 0.396. The molecule has 0 bridgehead atoms. The Kier molecular flexibility index (Phi) is 5.93. The topological polar surface area (TPSA) is 9.23 Å². The molecule has 0 N–H and O–H groups in total. The summed E-state index contributed by atoms with van der Waals surface area (Å²) >= 11 is 5.27. The third kappa shape index (κ3) is 4.11. The van der Waals surface area contributed by atoms with Gasteiger partial charge in [0.1, 0.15) is 5.03 Å². The first-order valence-electron chi connectivity index (χ1n) is 8.08. The summed E-state index contributed by atoms with van der Waals surface area (Å²) in [5.41, 5.74) is -2.27. The minimum atomic E-state index is -4.67. The summed E-state index contributed by atoms with van der Waals surface area (Å²) in [5.74, 6) is -7.10. The van der Waals surface area contributed by atoms with Gasteiger partial charge in [-0.1, -0.05) is 31.5 Å². The van der Waals surface area contributed by atoms with E-state index in [1.54, 1.807) is 13.8 Å². The molecule has 9 heteroatoms. The van der Waals surface area contributed by atoms with Crippen LogP contribution in [0.1, 0.15) is 31.9 Å². The summed E-state index contributed by atoms with van der Waals surface area (Å²) < 4.78 is 98.1. The Balaban J connectivity index is 2.15. The Morgan fingerprint density at radius 1 is 1.11 bits per heavy atom. The van der Waals surface area contributed by atoms with Crippen LogP contribution in [0.15, 0.2) is 11.1 Å². The van der Waals surface area contributed by atoms with Gasteiger partial charge in [-0.2, -0.15) is 13.2 Å². The predicted octanol–water partition coefficient (Wildman–Crippen LogP) is 6.41. The minimum Gasteiger partial charge on any atom is -0.373 e. The van der Waals surface area contributed by atoms with Crippen LogP contribution in [0.3, 0.4) is 0 Å². The van der Waals surface area contributed by atoms with Gasteiger partial charge in [-0.15, -0.1) is 0 Å². The molecule has 1 saturated carbocycles. The molecule has 1 aromatic carbocycles. The van der Waals surface area contributed by atoms with Gasteiger partial charge >= 0.3 is 6.18 Å². The van der Waals surface area contributed by atoms with Gasteiger partial charge in [0.2, 0.25) is 0 Å². The Hall–Kier alpha value is -1.28. The molecule has 0 aromatic heterocycles. The SMILES string of the molecule is Cc1c(F)c(F)c(COC(C)[C@H]2[C@@H](/C=C(\Cl)C(F)(F)F)C2(C)C)c(F)c1F. The second kappa shape index (κ2) is 7.28. The average molecular weight is 419 g/mol. The van der Waals surface area contributed by atoms with Crippen LogP contribution < -0.4 is 0 Å². The molecule has 0 saturated heterocycles. The zero-order valence-corrected chi connectivity index (χ0v) is 15.7. The molecule has 0 radical (unpaired) electrons. The number of rotatable bonds is 5. The Morgan fingerprint density at radius 2 is 1.59 bits per heavy atom. The zero-order chi connectivity index (χ0) is 20.9. The van der Waals surface area contributed by atoms with Crippen LogP contribution in [-0.4, -0.2) is 12.3 Å². The number of alkyl halides is 3. The second-order valence-electron chi connectivity index (χ2n) is 7.26. The van der Waals surface area contributed by atoms with Crippen LogP contribution in [0.4, 0.5) is 30.7 Å². The number of halogens is 8. The summed E-state index contributed by atoms with van der Waals surface area (Å²) in [4.78, 5) is 0. The third-order valence-corrected chi connectivity index (χ3v) is 5.50. The van der Waals surface area contributed by atoms with E-state index in [1.165, 1.54) is 6.92 Å². The van der Waals surface area contributed by atoms with Crippen molar-refractivity contribution in [2.45, 2.75) is 46.6 Å². The molecular weight excluding hydrogens is 401 g/mol. The summed E-state index contributed by atoms with van der Waals surface area (Å²) in [6.07, 6.45) is -4.51. The lowest BCUT2D eigenvalue weighted by atomic mass is 10.1. The minimum absolute atomic E-state index is 0.417. The van der Waals surface area contributed by atoms with E-state index in [-0.39, 0.29) is 0 Å². The molecule has 3 atom stereocenters. The molecule has 27 heavy (non-hydrogen) atoms. The van der Waals surface area contributed by atoms with Gasteiger partial charge in [-0.25, -0.2) is 17.6 Å². The summed E-state index contributed by atoms with van der Waals surface area (Å²) in [5, 5.41) is -1.25.